The molecule has 1 saturated carbocycles. The minimum absolute atomic E-state index is 0.0729. The summed E-state index contributed by atoms with van der Waals surface area (Å²) < 4.78 is 0. The van der Waals surface area contributed by atoms with Gasteiger partial charge in [0.15, 0.2) is 0 Å². The summed E-state index contributed by atoms with van der Waals surface area (Å²) in [5.74, 6) is -0.312. The molecule has 0 radical (unpaired) electrons. The van der Waals surface area contributed by atoms with E-state index in [1.165, 1.54) is 4.90 Å². The van der Waals surface area contributed by atoms with Gasteiger partial charge >= 0.3 is 0 Å². The first-order valence-corrected chi connectivity index (χ1v) is 9.68. The highest BCUT2D eigenvalue weighted by atomic mass is 16.2. The van der Waals surface area contributed by atoms with Crippen LogP contribution in [-0.2, 0) is 14.4 Å². The Bertz CT molecular complexity index is 647. The van der Waals surface area contributed by atoms with Crippen molar-refractivity contribution in [1.82, 2.24) is 10.2 Å². The van der Waals surface area contributed by atoms with Gasteiger partial charge in [-0.25, -0.2) is 0 Å². The van der Waals surface area contributed by atoms with Crippen molar-refractivity contribution in [3.63, 3.8) is 0 Å². The first kappa shape index (κ1) is 18.6. The Hall–Kier alpha value is -2.17. The van der Waals surface area contributed by atoms with Crippen molar-refractivity contribution >= 4 is 17.7 Å². The quantitative estimate of drug-likeness (QED) is 0.797. The molecular weight excluding hydrogens is 328 g/mol. The molecule has 2 fully saturated rings. The molecule has 1 saturated heterocycles. The fraction of sp³-hybridized carbons (Fsp3) is 0.571. The molecule has 3 rings (SSSR count). The summed E-state index contributed by atoms with van der Waals surface area (Å²) in [5, 5.41) is 3.06. The Morgan fingerprint density at radius 1 is 1.08 bits per heavy atom. The Morgan fingerprint density at radius 2 is 1.65 bits per heavy atom. The van der Waals surface area contributed by atoms with Gasteiger partial charge in [0.2, 0.25) is 17.7 Å². The van der Waals surface area contributed by atoms with Crippen LogP contribution in [0.3, 0.4) is 0 Å². The van der Waals surface area contributed by atoms with Crippen LogP contribution in [-0.4, -0.2) is 29.2 Å². The summed E-state index contributed by atoms with van der Waals surface area (Å²) in [6, 6.07) is 9.80. The zero-order valence-electron chi connectivity index (χ0n) is 15.6. The predicted octanol–water partition coefficient (Wildman–Crippen LogP) is 3.07. The summed E-state index contributed by atoms with van der Waals surface area (Å²) in [6.07, 6.45) is 3.80. The number of nitrogens with zero attached hydrogens (tertiary/aromatic N) is 1. The van der Waals surface area contributed by atoms with E-state index in [4.69, 9.17) is 0 Å². The van der Waals surface area contributed by atoms with Gasteiger partial charge in [-0.3, -0.25) is 19.3 Å². The Labute approximate surface area is 155 Å². The molecular formula is C21H28N2O3. The molecule has 1 aliphatic heterocycles. The van der Waals surface area contributed by atoms with Gasteiger partial charge in [0.05, 0.1) is 17.9 Å². The molecule has 1 aliphatic carbocycles. The Balaban J connectivity index is 1.58. The number of carbonyl (C=O) groups is 3. The fourth-order valence-corrected chi connectivity index (χ4v) is 4.21. The second-order valence-corrected chi connectivity index (χ2v) is 7.78. The molecule has 2 aliphatic rings. The van der Waals surface area contributed by atoms with E-state index in [2.05, 4.69) is 19.2 Å². The molecule has 1 N–H and O–H groups in total. The molecule has 0 aromatic heterocycles. The number of amides is 3. The second-order valence-electron chi connectivity index (χ2n) is 7.78. The highest BCUT2D eigenvalue weighted by Crippen LogP contribution is 2.38. The molecule has 1 aromatic rings. The lowest BCUT2D eigenvalue weighted by molar-refractivity contribution is -0.140. The van der Waals surface area contributed by atoms with Crippen LogP contribution >= 0.6 is 0 Å². The van der Waals surface area contributed by atoms with Crippen molar-refractivity contribution in [3.05, 3.63) is 35.9 Å². The van der Waals surface area contributed by atoms with Gasteiger partial charge in [-0.15, -0.1) is 0 Å². The van der Waals surface area contributed by atoms with E-state index in [9.17, 15) is 14.4 Å². The standard InChI is InChI=1S/C21H28N2O3/c1-14(2)19(15-8-4-3-5-9-15)22-18(24)12-13-23-20(25)16-10-6-7-11-17(16)21(23)26/h3-5,8-9,14,16-17,19H,6-7,10-13H2,1-2H3,(H,22,24)/t16-,17+,19-/m1/s1. The van der Waals surface area contributed by atoms with Crippen LogP contribution in [0.5, 0.6) is 0 Å². The van der Waals surface area contributed by atoms with Gasteiger partial charge in [0.25, 0.3) is 0 Å². The molecule has 140 valence electrons. The fourth-order valence-electron chi connectivity index (χ4n) is 4.21. The van der Waals surface area contributed by atoms with Crippen LogP contribution in [0.1, 0.15) is 57.6 Å². The van der Waals surface area contributed by atoms with Gasteiger partial charge in [-0.1, -0.05) is 57.0 Å². The van der Waals surface area contributed by atoms with Crippen molar-refractivity contribution in [2.45, 2.75) is 52.0 Å². The number of nitrogens with one attached hydrogen (secondary N) is 1. The summed E-state index contributed by atoms with van der Waals surface area (Å²) >= 11 is 0. The average molecular weight is 356 g/mol. The zero-order valence-corrected chi connectivity index (χ0v) is 15.6. The number of carbonyl (C=O) groups excluding carboxylic acids is 3. The van der Waals surface area contributed by atoms with E-state index < -0.39 is 0 Å². The molecule has 1 aromatic carbocycles. The Kier molecular flexibility index (Phi) is 5.74. The highest BCUT2D eigenvalue weighted by Gasteiger charge is 2.47. The number of benzene rings is 1. The maximum Gasteiger partial charge on any atom is 0.233 e. The molecule has 5 nitrogen and oxygen atoms in total. The van der Waals surface area contributed by atoms with Gasteiger partial charge in [-0.2, -0.15) is 0 Å². The summed E-state index contributed by atoms with van der Waals surface area (Å²) in [5.41, 5.74) is 1.06. The molecule has 5 heteroatoms. The highest BCUT2D eigenvalue weighted by molar-refractivity contribution is 6.05. The van der Waals surface area contributed by atoms with Crippen LogP contribution < -0.4 is 5.32 Å². The van der Waals surface area contributed by atoms with Gasteiger partial charge in [0.1, 0.15) is 0 Å². The smallest absolute Gasteiger partial charge is 0.233 e. The van der Waals surface area contributed by atoms with Crippen molar-refractivity contribution in [2.75, 3.05) is 6.54 Å². The van der Waals surface area contributed by atoms with E-state index >= 15 is 0 Å². The normalized spacial score (nSPS) is 23.9. The van der Waals surface area contributed by atoms with E-state index in [1.807, 2.05) is 30.3 Å². The second kappa shape index (κ2) is 8.02. The van der Waals surface area contributed by atoms with Crippen molar-refractivity contribution in [2.24, 2.45) is 17.8 Å². The number of likely N-dealkylation sites (tertiary alicyclic amines) is 1. The topological polar surface area (TPSA) is 66.5 Å². The van der Waals surface area contributed by atoms with Crippen molar-refractivity contribution in [3.8, 4) is 0 Å². The first-order chi connectivity index (χ1) is 12.5. The molecule has 3 atom stereocenters. The number of hydrogen-bond acceptors (Lipinski definition) is 3. The molecule has 0 bridgehead atoms. The lowest BCUT2D eigenvalue weighted by Gasteiger charge is -2.23. The Morgan fingerprint density at radius 3 is 2.19 bits per heavy atom. The maximum atomic E-state index is 12.5. The van der Waals surface area contributed by atoms with Crippen LogP contribution in [0.2, 0.25) is 0 Å². The van der Waals surface area contributed by atoms with E-state index in [1.54, 1.807) is 0 Å². The van der Waals surface area contributed by atoms with Crippen molar-refractivity contribution < 1.29 is 14.4 Å². The van der Waals surface area contributed by atoms with E-state index in [0.29, 0.717) is 0 Å². The van der Waals surface area contributed by atoms with Gasteiger partial charge < -0.3 is 5.32 Å². The maximum absolute atomic E-state index is 12.5. The lowest BCUT2D eigenvalue weighted by Crippen LogP contribution is -2.37. The average Bonchev–Trinajstić information content (AvgIpc) is 2.89. The summed E-state index contributed by atoms with van der Waals surface area (Å²) in [7, 11) is 0. The number of hydrogen-bond donors (Lipinski definition) is 1. The van der Waals surface area contributed by atoms with Crippen molar-refractivity contribution in [1.29, 1.82) is 0 Å². The van der Waals surface area contributed by atoms with E-state index in [0.717, 1.165) is 31.2 Å². The third-order valence-corrected chi connectivity index (χ3v) is 5.64. The number of imide groups is 1. The predicted molar refractivity (Wildman–Crippen MR) is 98.9 cm³/mol. The van der Waals surface area contributed by atoms with Crippen LogP contribution in [0.25, 0.3) is 0 Å². The number of rotatable bonds is 6. The number of fused-ring (bicyclic) bond motifs is 1. The third-order valence-electron chi connectivity index (χ3n) is 5.64. The molecule has 0 unspecified atom stereocenters. The van der Waals surface area contributed by atoms with E-state index in [-0.39, 0.29) is 54.5 Å². The minimum Gasteiger partial charge on any atom is -0.349 e. The molecule has 0 spiro atoms. The summed E-state index contributed by atoms with van der Waals surface area (Å²) in [4.78, 5) is 38.8. The monoisotopic (exact) mass is 356 g/mol. The van der Waals surface area contributed by atoms with Gasteiger partial charge in [-0.05, 0) is 24.3 Å². The summed E-state index contributed by atoms with van der Waals surface area (Å²) in [6.45, 7) is 4.32. The minimum atomic E-state index is -0.146. The molecule has 1 heterocycles. The van der Waals surface area contributed by atoms with Crippen LogP contribution in [0.15, 0.2) is 30.3 Å². The first-order valence-electron chi connectivity index (χ1n) is 9.68. The zero-order chi connectivity index (χ0) is 18.7. The van der Waals surface area contributed by atoms with Gasteiger partial charge in [0, 0.05) is 13.0 Å². The third kappa shape index (κ3) is 3.81. The lowest BCUT2D eigenvalue weighted by atomic mass is 9.81. The molecule has 3 amide bonds. The largest absolute Gasteiger partial charge is 0.349 e. The van der Waals surface area contributed by atoms with Crippen LogP contribution in [0, 0.1) is 17.8 Å². The SMILES string of the molecule is CC(C)[C@@H](NC(=O)CCN1C(=O)[C@H]2CCCC[C@H]2C1=O)c1ccccc1. The molecule has 26 heavy (non-hydrogen) atoms. The van der Waals surface area contributed by atoms with Crippen LogP contribution in [0.4, 0.5) is 0 Å².